The smallest absolute Gasteiger partial charge is 0.251 e. The van der Waals surface area contributed by atoms with Crippen molar-refractivity contribution in [3.8, 4) is 5.75 Å². The molecule has 4 rings (SSSR count). The Morgan fingerprint density at radius 2 is 1.86 bits per heavy atom. The number of aliphatic hydroxyl groups excluding tert-OH is 1. The number of nitrogens with zero attached hydrogens (tertiary/aromatic N) is 3. The first-order valence-electron chi connectivity index (χ1n) is 12.2. The molecule has 2 bridgehead atoms. The number of ether oxygens (including phenoxy) is 1. The summed E-state index contributed by atoms with van der Waals surface area (Å²) < 4.78 is 4.08. The second-order valence-electron chi connectivity index (χ2n) is 9.93. The number of hydrogen-bond donors (Lipinski definition) is 1. The van der Waals surface area contributed by atoms with Gasteiger partial charge in [0.25, 0.3) is 5.91 Å². The number of likely N-dealkylation sites (N-methyl/N-ethyl adjacent to an activating group) is 1. The largest absolute Gasteiger partial charge is 0.497 e. The van der Waals surface area contributed by atoms with Crippen molar-refractivity contribution in [1.29, 1.82) is 0 Å². The monoisotopic (exact) mass is 513 g/mol. The summed E-state index contributed by atoms with van der Waals surface area (Å²) in [4.78, 5) is 46.6. The molecule has 3 aliphatic rings. The summed E-state index contributed by atoms with van der Waals surface area (Å²) in [7, 11) is 3.30. The minimum atomic E-state index is -0.793. The maximum atomic E-state index is 14.3. The molecular weight excluding hydrogens is 478 g/mol. The molecule has 3 aliphatic heterocycles. The molecular formula is C27H35N3O5S. The lowest BCUT2D eigenvalue weighted by Gasteiger charge is -2.37. The van der Waals surface area contributed by atoms with Crippen LogP contribution in [0.5, 0.6) is 5.75 Å². The first-order chi connectivity index (χ1) is 17.2. The van der Waals surface area contributed by atoms with E-state index in [0.717, 1.165) is 6.42 Å². The van der Waals surface area contributed by atoms with E-state index in [1.165, 1.54) is 4.90 Å². The van der Waals surface area contributed by atoms with Crippen molar-refractivity contribution >= 4 is 35.2 Å². The van der Waals surface area contributed by atoms with Gasteiger partial charge in [0.05, 0.1) is 30.3 Å². The molecule has 9 heteroatoms. The second kappa shape index (κ2) is 9.94. The maximum Gasteiger partial charge on any atom is 0.251 e. The molecule has 8 nitrogen and oxygen atoms in total. The summed E-state index contributed by atoms with van der Waals surface area (Å²) in [6.07, 6.45) is 4.71. The maximum absolute atomic E-state index is 14.3. The molecule has 5 atom stereocenters. The standard InChI is InChI=1S/C27H35N3O5S/c1-6-14-28(4)23(32)20-21-24(33)30(16-17-31)22(27(21)13-12-26(20,3)36-27)25(34)29(15-7-2)18-8-10-19(35-5)11-9-18/h6-11,20-22,31H,1-2,12-17H2,3-5H3/t20-,21+,22?,26+,27?/m1/s1. The quantitative estimate of drug-likeness (QED) is 0.483. The SMILES string of the molecule is C=CCN(C)C(=O)[C@H]1[C@H]2C(=O)N(CCO)C(C(=O)N(CC=C)c3ccc(OC)cc3)C23CC[C@]1(C)S3. The molecule has 36 heavy (non-hydrogen) atoms. The third kappa shape index (κ3) is 3.93. The number of carbonyl (C=O) groups is 3. The molecule has 3 amide bonds. The molecule has 0 aromatic heterocycles. The zero-order chi connectivity index (χ0) is 26.3. The van der Waals surface area contributed by atoms with E-state index in [1.807, 2.05) is 6.92 Å². The second-order valence-corrected chi connectivity index (χ2v) is 11.8. The predicted octanol–water partition coefficient (Wildman–Crippen LogP) is 2.33. The summed E-state index contributed by atoms with van der Waals surface area (Å²) in [5.41, 5.74) is 0.666. The third-order valence-electron chi connectivity index (χ3n) is 7.86. The van der Waals surface area contributed by atoms with E-state index >= 15 is 0 Å². The lowest BCUT2D eigenvalue weighted by molar-refractivity contribution is -0.144. The molecule has 0 radical (unpaired) electrons. The van der Waals surface area contributed by atoms with Crippen molar-refractivity contribution in [2.75, 3.05) is 45.3 Å². The van der Waals surface area contributed by atoms with Crippen molar-refractivity contribution in [1.82, 2.24) is 9.80 Å². The van der Waals surface area contributed by atoms with Crippen molar-refractivity contribution in [3.05, 3.63) is 49.6 Å². The van der Waals surface area contributed by atoms with Crippen molar-refractivity contribution < 1.29 is 24.2 Å². The fourth-order valence-corrected chi connectivity index (χ4v) is 8.66. The zero-order valence-corrected chi connectivity index (χ0v) is 22.0. The highest BCUT2D eigenvalue weighted by molar-refractivity contribution is 8.02. The van der Waals surface area contributed by atoms with Gasteiger partial charge in [0.15, 0.2) is 0 Å². The number of rotatable bonds is 10. The lowest BCUT2D eigenvalue weighted by Crippen LogP contribution is -2.55. The number of anilines is 1. The van der Waals surface area contributed by atoms with E-state index in [4.69, 9.17) is 4.74 Å². The van der Waals surface area contributed by atoms with Crippen LogP contribution >= 0.6 is 11.8 Å². The topological polar surface area (TPSA) is 90.4 Å². The van der Waals surface area contributed by atoms with E-state index in [0.29, 0.717) is 24.4 Å². The number of aliphatic hydroxyl groups is 1. The number of carbonyl (C=O) groups excluding carboxylic acids is 3. The average Bonchev–Trinajstić information content (AvgIpc) is 3.43. The Labute approximate surface area is 216 Å². The summed E-state index contributed by atoms with van der Waals surface area (Å²) in [6, 6.07) is 6.39. The van der Waals surface area contributed by atoms with Crippen LogP contribution in [0.1, 0.15) is 19.8 Å². The molecule has 1 aromatic rings. The fourth-order valence-electron chi connectivity index (χ4n) is 6.31. The minimum Gasteiger partial charge on any atom is -0.497 e. The summed E-state index contributed by atoms with van der Waals surface area (Å²) in [6.45, 7) is 10.0. The van der Waals surface area contributed by atoms with E-state index in [2.05, 4.69) is 13.2 Å². The van der Waals surface area contributed by atoms with Crippen LogP contribution in [0.15, 0.2) is 49.6 Å². The van der Waals surface area contributed by atoms with Crippen LogP contribution in [-0.2, 0) is 14.4 Å². The molecule has 194 valence electrons. The Hall–Kier alpha value is -2.78. The first kappa shape index (κ1) is 26.3. The van der Waals surface area contributed by atoms with Gasteiger partial charge in [-0.3, -0.25) is 14.4 Å². The first-order valence-corrected chi connectivity index (χ1v) is 13.0. The van der Waals surface area contributed by atoms with Gasteiger partial charge in [0.2, 0.25) is 11.8 Å². The van der Waals surface area contributed by atoms with E-state index < -0.39 is 27.4 Å². The Morgan fingerprint density at radius 3 is 2.44 bits per heavy atom. The molecule has 0 saturated carbocycles. The van der Waals surface area contributed by atoms with Gasteiger partial charge in [-0.25, -0.2) is 0 Å². The predicted molar refractivity (Wildman–Crippen MR) is 141 cm³/mol. The molecule has 3 heterocycles. The summed E-state index contributed by atoms with van der Waals surface area (Å²) >= 11 is 1.62. The number of hydrogen-bond acceptors (Lipinski definition) is 6. The van der Waals surface area contributed by atoms with Crippen LogP contribution in [0.2, 0.25) is 0 Å². The third-order valence-corrected chi connectivity index (χ3v) is 9.84. The number of β-amino-alcohol motifs (C(OH)–C–C–N with tert-alkyl or cyclic N) is 1. The van der Waals surface area contributed by atoms with Crippen LogP contribution < -0.4 is 9.64 Å². The van der Waals surface area contributed by atoms with Gasteiger partial charge in [-0.15, -0.1) is 24.9 Å². The van der Waals surface area contributed by atoms with Gasteiger partial charge >= 0.3 is 0 Å². The number of methoxy groups -OCH3 is 1. The zero-order valence-electron chi connectivity index (χ0n) is 21.2. The number of fused-ring (bicyclic) bond motifs is 1. The Morgan fingerprint density at radius 1 is 1.19 bits per heavy atom. The van der Waals surface area contributed by atoms with Crippen molar-refractivity contribution in [2.24, 2.45) is 11.8 Å². The number of likely N-dealkylation sites (tertiary alicyclic amines) is 1. The Kier molecular flexibility index (Phi) is 7.26. The van der Waals surface area contributed by atoms with Crippen LogP contribution in [0.3, 0.4) is 0 Å². The van der Waals surface area contributed by atoms with Gasteiger partial charge in [-0.2, -0.15) is 0 Å². The number of amides is 3. The van der Waals surface area contributed by atoms with Crippen LogP contribution in [0, 0.1) is 11.8 Å². The average molecular weight is 514 g/mol. The number of thioether (sulfide) groups is 1. The van der Waals surface area contributed by atoms with Gasteiger partial charge < -0.3 is 24.5 Å². The minimum absolute atomic E-state index is 0.0404. The summed E-state index contributed by atoms with van der Waals surface area (Å²) in [5, 5.41) is 9.83. The highest BCUT2D eigenvalue weighted by Crippen LogP contribution is 2.71. The van der Waals surface area contributed by atoms with Gasteiger partial charge in [0.1, 0.15) is 11.8 Å². The van der Waals surface area contributed by atoms with Gasteiger partial charge in [-0.1, -0.05) is 12.2 Å². The molecule has 1 aromatic carbocycles. The molecule has 3 fully saturated rings. The van der Waals surface area contributed by atoms with Crippen molar-refractivity contribution in [3.63, 3.8) is 0 Å². The Bertz CT molecular complexity index is 1060. The van der Waals surface area contributed by atoms with E-state index in [9.17, 15) is 19.5 Å². The summed E-state index contributed by atoms with van der Waals surface area (Å²) in [5.74, 6) is -1.04. The highest BCUT2D eigenvalue weighted by Gasteiger charge is 2.77. The number of benzene rings is 1. The molecule has 3 saturated heterocycles. The van der Waals surface area contributed by atoms with E-state index in [1.54, 1.807) is 72.1 Å². The highest BCUT2D eigenvalue weighted by atomic mass is 32.2. The van der Waals surface area contributed by atoms with Crippen LogP contribution in [0.4, 0.5) is 5.69 Å². The normalized spacial score (nSPS) is 30.2. The van der Waals surface area contributed by atoms with E-state index in [-0.39, 0.29) is 37.4 Å². The lowest BCUT2D eigenvalue weighted by atomic mass is 9.66. The van der Waals surface area contributed by atoms with Gasteiger partial charge in [-0.05, 0) is 44.0 Å². The molecule has 1 spiro atoms. The molecule has 0 aliphatic carbocycles. The van der Waals surface area contributed by atoms with Gasteiger partial charge in [0, 0.05) is 37.1 Å². The van der Waals surface area contributed by atoms with Crippen LogP contribution in [-0.4, -0.2) is 88.6 Å². The molecule has 2 unspecified atom stereocenters. The van der Waals surface area contributed by atoms with Crippen LogP contribution in [0.25, 0.3) is 0 Å². The van der Waals surface area contributed by atoms with Crippen molar-refractivity contribution in [2.45, 2.75) is 35.3 Å². The Balaban J connectivity index is 1.77. The fraction of sp³-hybridized carbons (Fsp3) is 0.519. The molecule has 1 N–H and O–H groups in total.